The third-order valence-electron chi connectivity index (χ3n) is 3.50. The molecule has 0 aromatic heterocycles. The van der Waals surface area contributed by atoms with Gasteiger partial charge >= 0.3 is 0 Å². The Kier molecular flexibility index (Phi) is 5.77. The van der Waals surface area contributed by atoms with Crippen LogP contribution in [0.25, 0.3) is 0 Å². The van der Waals surface area contributed by atoms with Crippen LogP contribution in [0.15, 0.2) is 0 Å². The Balaban J connectivity index is 2.26. The lowest BCUT2D eigenvalue weighted by Crippen LogP contribution is -2.40. The van der Waals surface area contributed by atoms with Gasteiger partial charge < -0.3 is 15.8 Å². The molecule has 3 N–H and O–H groups in total. The van der Waals surface area contributed by atoms with E-state index in [9.17, 15) is 4.79 Å². The Hall–Kier alpha value is -0.610. The van der Waals surface area contributed by atoms with E-state index in [2.05, 4.69) is 12.2 Å². The van der Waals surface area contributed by atoms with E-state index in [1.807, 2.05) is 0 Å². The molecule has 1 aliphatic carbocycles. The number of carbonyl (C=O) groups excluding carboxylic acids is 1. The van der Waals surface area contributed by atoms with Gasteiger partial charge in [-0.3, -0.25) is 4.79 Å². The van der Waals surface area contributed by atoms with Crippen molar-refractivity contribution in [1.82, 2.24) is 5.32 Å². The molecule has 4 heteroatoms. The van der Waals surface area contributed by atoms with Crippen molar-refractivity contribution in [3.63, 3.8) is 0 Å². The number of methoxy groups -OCH3 is 1. The van der Waals surface area contributed by atoms with Crippen LogP contribution in [0.2, 0.25) is 0 Å². The highest BCUT2D eigenvalue weighted by Gasteiger charge is 2.23. The first kappa shape index (κ1) is 13.5. The van der Waals surface area contributed by atoms with Crippen molar-refractivity contribution in [1.29, 1.82) is 0 Å². The van der Waals surface area contributed by atoms with Crippen LogP contribution in [0.4, 0.5) is 0 Å². The molecule has 1 saturated carbocycles. The van der Waals surface area contributed by atoms with E-state index in [0.717, 1.165) is 0 Å². The Morgan fingerprint density at radius 3 is 2.62 bits per heavy atom. The van der Waals surface area contributed by atoms with Crippen molar-refractivity contribution in [3.05, 3.63) is 0 Å². The zero-order valence-electron chi connectivity index (χ0n) is 10.4. The minimum absolute atomic E-state index is 0.0525. The van der Waals surface area contributed by atoms with Crippen molar-refractivity contribution in [2.75, 3.05) is 13.7 Å². The number of carbonyl (C=O) groups is 1. The molecule has 0 bridgehead atoms. The first-order valence-corrected chi connectivity index (χ1v) is 6.19. The number of ether oxygens (including phenoxy) is 1. The second-order valence-electron chi connectivity index (χ2n) is 4.70. The zero-order valence-corrected chi connectivity index (χ0v) is 10.4. The number of amides is 1. The summed E-state index contributed by atoms with van der Waals surface area (Å²) in [5.74, 6) is 0.708. The molecule has 94 valence electrons. The molecule has 4 nitrogen and oxygen atoms in total. The molecule has 2 atom stereocenters. The molecule has 1 aliphatic rings. The van der Waals surface area contributed by atoms with Gasteiger partial charge in [0, 0.05) is 19.7 Å². The lowest BCUT2D eigenvalue weighted by molar-refractivity contribution is -0.124. The molecule has 0 radical (unpaired) electrons. The van der Waals surface area contributed by atoms with Gasteiger partial charge in [0.1, 0.15) is 0 Å². The van der Waals surface area contributed by atoms with Crippen LogP contribution in [-0.2, 0) is 9.53 Å². The van der Waals surface area contributed by atoms with E-state index in [1.54, 1.807) is 7.11 Å². The Bertz CT molecular complexity index is 211. The van der Waals surface area contributed by atoms with Crippen molar-refractivity contribution >= 4 is 5.91 Å². The maximum absolute atomic E-state index is 11.7. The highest BCUT2D eigenvalue weighted by atomic mass is 16.5. The Labute approximate surface area is 97.9 Å². The van der Waals surface area contributed by atoms with Gasteiger partial charge in [0.15, 0.2) is 0 Å². The minimum atomic E-state index is -0.157. The predicted molar refractivity (Wildman–Crippen MR) is 64.0 cm³/mol. The molecular formula is C12H24N2O2. The van der Waals surface area contributed by atoms with Gasteiger partial charge in [0.2, 0.25) is 5.91 Å². The number of nitrogens with one attached hydrogen (secondary N) is 1. The summed E-state index contributed by atoms with van der Waals surface area (Å²) < 4.78 is 5.09. The second-order valence-corrected chi connectivity index (χ2v) is 4.70. The summed E-state index contributed by atoms with van der Waals surface area (Å²) in [5, 5.41) is 3.05. The lowest BCUT2D eigenvalue weighted by Gasteiger charge is -2.21. The molecule has 0 aromatic carbocycles. The van der Waals surface area contributed by atoms with Crippen LogP contribution in [-0.4, -0.2) is 31.7 Å². The van der Waals surface area contributed by atoms with Gasteiger partial charge in [-0.25, -0.2) is 0 Å². The maximum Gasteiger partial charge on any atom is 0.222 e. The van der Waals surface area contributed by atoms with Gasteiger partial charge in [0.05, 0.1) is 12.5 Å². The smallest absolute Gasteiger partial charge is 0.222 e. The summed E-state index contributed by atoms with van der Waals surface area (Å²) in [6, 6.07) is 0.283. The summed E-state index contributed by atoms with van der Waals surface area (Å²) in [5.41, 5.74) is 5.48. The highest BCUT2D eigenvalue weighted by molar-refractivity contribution is 5.76. The van der Waals surface area contributed by atoms with Crippen LogP contribution in [0.1, 0.15) is 39.0 Å². The molecule has 0 saturated heterocycles. The molecule has 1 fully saturated rings. The molecule has 0 heterocycles. The van der Waals surface area contributed by atoms with E-state index in [0.29, 0.717) is 18.9 Å². The number of rotatable bonds is 6. The van der Waals surface area contributed by atoms with E-state index in [4.69, 9.17) is 10.5 Å². The van der Waals surface area contributed by atoms with Gasteiger partial charge in [-0.15, -0.1) is 0 Å². The van der Waals surface area contributed by atoms with Gasteiger partial charge in [-0.05, 0) is 25.7 Å². The van der Waals surface area contributed by atoms with Crippen molar-refractivity contribution < 1.29 is 9.53 Å². The third-order valence-corrected chi connectivity index (χ3v) is 3.50. The predicted octanol–water partition coefficient (Wildman–Crippen LogP) is 1.05. The average Bonchev–Trinajstić information content (AvgIpc) is 2.79. The maximum atomic E-state index is 11.7. The molecule has 0 aliphatic heterocycles. The Morgan fingerprint density at radius 2 is 2.12 bits per heavy atom. The average molecular weight is 228 g/mol. The quantitative estimate of drug-likeness (QED) is 0.714. The first-order valence-electron chi connectivity index (χ1n) is 6.19. The second kappa shape index (κ2) is 6.86. The minimum Gasteiger partial charge on any atom is -0.380 e. The fourth-order valence-corrected chi connectivity index (χ4v) is 2.36. The summed E-state index contributed by atoms with van der Waals surface area (Å²) >= 11 is 0. The number of hydrogen-bond donors (Lipinski definition) is 2. The summed E-state index contributed by atoms with van der Waals surface area (Å²) in [6.45, 7) is 2.49. The third kappa shape index (κ3) is 4.10. The number of nitrogens with two attached hydrogens (primary N) is 1. The van der Waals surface area contributed by atoms with E-state index < -0.39 is 0 Å². The van der Waals surface area contributed by atoms with Crippen LogP contribution in [0.3, 0.4) is 0 Å². The normalized spacial score (nSPS) is 20.7. The van der Waals surface area contributed by atoms with E-state index in [-0.39, 0.29) is 18.1 Å². The van der Waals surface area contributed by atoms with Gasteiger partial charge in [-0.2, -0.15) is 0 Å². The van der Waals surface area contributed by atoms with Crippen LogP contribution >= 0.6 is 0 Å². The molecule has 1 unspecified atom stereocenters. The zero-order chi connectivity index (χ0) is 12.0. The van der Waals surface area contributed by atoms with E-state index in [1.165, 1.54) is 25.7 Å². The van der Waals surface area contributed by atoms with Gasteiger partial charge in [0.25, 0.3) is 0 Å². The molecule has 0 aromatic rings. The molecule has 0 spiro atoms. The molecule has 1 amide bonds. The fourth-order valence-electron chi connectivity index (χ4n) is 2.36. The fraction of sp³-hybridized carbons (Fsp3) is 0.917. The molecule has 1 rings (SSSR count). The van der Waals surface area contributed by atoms with E-state index >= 15 is 0 Å². The highest BCUT2D eigenvalue weighted by Crippen LogP contribution is 2.27. The largest absolute Gasteiger partial charge is 0.380 e. The lowest BCUT2D eigenvalue weighted by atomic mass is 9.99. The van der Waals surface area contributed by atoms with Crippen molar-refractivity contribution in [2.45, 2.75) is 51.2 Å². The number of hydrogen-bond acceptors (Lipinski definition) is 3. The monoisotopic (exact) mass is 228 g/mol. The van der Waals surface area contributed by atoms with Crippen molar-refractivity contribution in [2.24, 2.45) is 11.7 Å². The summed E-state index contributed by atoms with van der Waals surface area (Å²) in [7, 11) is 1.59. The SMILES string of the molecule is COC(CN)CC(=O)N[C@H](C)C1CCCC1. The van der Waals surface area contributed by atoms with Crippen LogP contribution < -0.4 is 11.1 Å². The standard InChI is InChI=1S/C12H24N2O2/c1-9(10-5-3-4-6-10)14-12(15)7-11(8-13)16-2/h9-11H,3-8,13H2,1-2H3,(H,14,15)/t9-,11?/m1/s1. The van der Waals surface area contributed by atoms with Gasteiger partial charge in [-0.1, -0.05) is 12.8 Å². The summed E-state index contributed by atoms with van der Waals surface area (Å²) in [6.07, 6.45) is 5.29. The molecule has 16 heavy (non-hydrogen) atoms. The van der Waals surface area contributed by atoms with Crippen LogP contribution in [0, 0.1) is 5.92 Å². The van der Waals surface area contributed by atoms with Crippen LogP contribution in [0.5, 0.6) is 0 Å². The first-order chi connectivity index (χ1) is 7.67. The summed E-state index contributed by atoms with van der Waals surface area (Å²) in [4.78, 5) is 11.7. The van der Waals surface area contributed by atoms with Crippen molar-refractivity contribution in [3.8, 4) is 0 Å². The molecular weight excluding hydrogens is 204 g/mol. The Morgan fingerprint density at radius 1 is 1.50 bits per heavy atom. The topological polar surface area (TPSA) is 64.3 Å².